The van der Waals surface area contributed by atoms with Gasteiger partial charge in [-0.2, -0.15) is 0 Å². The molecule has 0 unspecified atom stereocenters. The summed E-state index contributed by atoms with van der Waals surface area (Å²) in [6.45, 7) is 0.147. The molecule has 0 aromatic rings. The Morgan fingerprint density at radius 2 is 1.37 bits per heavy atom. The van der Waals surface area contributed by atoms with Crippen LogP contribution < -0.4 is 0 Å². The minimum absolute atomic E-state index is 0.147. The van der Waals surface area contributed by atoms with Gasteiger partial charge >= 0.3 is 7.82 Å². The smallest absolute Gasteiger partial charge is 0.303 e. The highest BCUT2D eigenvalue weighted by molar-refractivity contribution is 8.11. The quantitative estimate of drug-likeness (QED) is 0.204. The van der Waals surface area contributed by atoms with E-state index in [0.29, 0.717) is 6.42 Å². The van der Waals surface area contributed by atoms with Crippen LogP contribution in [0.15, 0.2) is 0 Å². The molecule has 0 saturated heterocycles. The van der Waals surface area contributed by atoms with Crippen molar-refractivity contribution in [1.82, 2.24) is 0 Å². The van der Waals surface area contributed by atoms with Crippen LogP contribution in [0.4, 0.5) is 0 Å². The largest absolute Gasteiger partial charge is 0.469 e. The molecule has 19 heavy (non-hydrogen) atoms. The Bertz CT molecular complexity index is 281. The van der Waals surface area contributed by atoms with Crippen LogP contribution in [-0.4, -0.2) is 20.6 Å². The lowest BCUT2D eigenvalue weighted by Crippen LogP contribution is -1.92. The maximum Gasteiger partial charge on any atom is 0.469 e. The fourth-order valence-electron chi connectivity index (χ4n) is 1.80. The molecule has 0 spiro atoms. The Balaban J connectivity index is 3.07. The first kappa shape index (κ1) is 19.6. The lowest BCUT2D eigenvalue weighted by atomic mass is 10.1. The molecule has 0 aromatic carbocycles. The van der Waals surface area contributed by atoms with Gasteiger partial charge in [-0.3, -0.25) is 4.52 Å². The summed E-state index contributed by atoms with van der Waals surface area (Å²) >= 11 is 8.98. The van der Waals surface area contributed by atoms with Crippen molar-refractivity contribution in [2.75, 3.05) is 6.61 Å². The van der Waals surface area contributed by atoms with E-state index in [-0.39, 0.29) is 6.61 Å². The third-order valence-electron chi connectivity index (χ3n) is 2.79. The highest BCUT2D eigenvalue weighted by Crippen LogP contribution is 2.35. The van der Waals surface area contributed by atoms with Crippen LogP contribution in [0.1, 0.15) is 64.2 Å². The molecule has 0 fully saturated rings. The lowest BCUT2D eigenvalue weighted by Gasteiger charge is -2.05. The summed E-state index contributed by atoms with van der Waals surface area (Å²) < 4.78 is 15.6. The predicted octanol–water partition coefficient (Wildman–Crippen LogP) is 4.25. The number of hydrogen-bond acceptors (Lipinski definition) is 3. The molecular formula is C12H25O4PS2. The number of unbranched alkanes of at least 4 members (excludes halogenated alkanes) is 8. The van der Waals surface area contributed by atoms with Gasteiger partial charge in [-0.25, -0.2) is 4.57 Å². The first-order valence-corrected chi connectivity index (χ1v) is 9.22. The SMILES string of the molecule is O=P(O)(O)OCCCCCCCCCCCC(=S)S. The Hall–Kier alpha value is 0.550. The van der Waals surface area contributed by atoms with Crippen molar-refractivity contribution in [3.63, 3.8) is 0 Å². The Morgan fingerprint density at radius 3 is 1.79 bits per heavy atom. The number of thiol groups is 1. The van der Waals surface area contributed by atoms with E-state index in [0.717, 1.165) is 29.9 Å². The van der Waals surface area contributed by atoms with Crippen molar-refractivity contribution < 1.29 is 18.9 Å². The van der Waals surface area contributed by atoms with E-state index in [1.54, 1.807) is 0 Å². The normalized spacial score (nSPS) is 11.7. The minimum Gasteiger partial charge on any atom is -0.303 e. The number of hydrogen-bond donors (Lipinski definition) is 3. The van der Waals surface area contributed by atoms with Crippen molar-refractivity contribution in [3.05, 3.63) is 0 Å². The van der Waals surface area contributed by atoms with Crippen molar-refractivity contribution in [3.8, 4) is 0 Å². The summed E-state index contributed by atoms with van der Waals surface area (Å²) in [4.78, 5) is 16.9. The second kappa shape index (κ2) is 12.3. The number of phosphoric ester groups is 1. The molecule has 0 heterocycles. The molecule has 7 heteroatoms. The summed E-state index contributed by atoms with van der Waals surface area (Å²) in [5.74, 6) is 0. The van der Waals surface area contributed by atoms with Crippen molar-refractivity contribution >= 4 is 36.9 Å². The summed E-state index contributed by atoms with van der Waals surface area (Å²) in [5.41, 5.74) is 0. The molecule has 114 valence electrons. The molecule has 0 radical (unpaired) electrons. The van der Waals surface area contributed by atoms with Gasteiger partial charge < -0.3 is 9.79 Å². The third-order valence-corrected chi connectivity index (χ3v) is 3.74. The molecule has 0 aliphatic heterocycles. The van der Waals surface area contributed by atoms with Crippen LogP contribution in [0.5, 0.6) is 0 Å². The highest BCUT2D eigenvalue weighted by atomic mass is 32.1. The molecule has 0 amide bonds. The van der Waals surface area contributed by atoms with Crippen molar-refractivity contribution in [2.24, 2.45) is 0 Å². The first-order chi connectivity index (χ1) is 8.92. The molecule has 0 atom stereocenters. The second-order valence-electron chi connectivity index (χ2n) is 4.65. The maximum atomic E-state index is 10.4. The van der Waals surface area contributed by atoms with Crippen LogP contribution in [-0.2, 0) is 9.09 Å². The van der Waals surface area contributed by atoms with E-state index in [1.807, 2.05) is 0 Å². The van der Waals surface area contributed by atoms with E-state index in [1.165, 1.54) is 32.1 Å². The highest BCUT2D eigenvalue weighted by Gasteiger charge is 2.12. The first-order valence-electron chi connectivity index (χ1n) is 6.84. The monoisotopic (exact) mass is 328 g/mol. The Morgan fingerprint density at radius 1 is 0.947 bits per heavy atom. The standard InChI is InChI=1S/C12H25O4PS2/c13-17(14,15)16-11-9-7-5-3-1-2-4-6-8-10-12(18)19/h1-11H2,(H,18,19)(H2,13,14,15). The van der Waals surface area contributed by atoms with Crippen LogP contribution in [0, 0.1) is 0 Å². The molecule has 0 rings (SSSR count). The topological polar surface area (TPSA) is 66.8 Å². The lowest BCUT2D eigenvalue weighted by molar-refractivity contribution is 0.193. The van der Waals surface area contributed by atoms with Gasteiger partial charge in [-0.15, -0.1) is 12.6 Å². The number of rotatable bonds is 13. The maximum absolute atomic E-state index is 10.4. The molecule has 0 aliphatic rings. The van der Waals surface area contributed by atoms with Gasteiger partial charge in [-0.05, 0) is 19.3 Å². The van der Waals surface area contributed by atoms with E-state index >= 15 is 0 Å². The van der Waals surface area contributed by atoms with E-state index in [2.05, 4.69) is 17.2 Å². The zero-order valence-corrected chi connectivity index (χ0v) is 13.9. The van der Waals surface area contributed by atoms with Gasteiger partial charge in [0.2, 0.25) is 0 Å². The van der Waals surface area contributed by atoms with Crippen molar-refractivity contribution in [1.29, 1.82) is 0 Å². The van der Waals surface area contributed by atoms with Gasteiger partial charge in [-0.1, -0.05) is 57.2 Å². The molecule has 0 bridgehead atoms. The average Bonchev–Trinajstić information content (AvgIpc) is 2.28. The minimum atomic E-state index is -4.26. The van der Waals surface area contributed by atoms with Gasteiger partial charge in [0.15, 0.2) is 0 Å². The van der Waals surface area contributed by atoms with E-state index in [4.69, 9.17) is 22.0 Å². The third kappa shape index (κ3) is 18.5. The van der Waals surface area contributed by atoms with E-state index < -0.39 is 7.82 Å². The molecular weight excluding hydrogens is 303 g/mol. The van der Waals surface area contributed by atoms with Crippen LogP contribution in [0.25, 0.3) is 0 Å². The van der Waals surface area contributed by atoms with Gasteiger partial charge in [0.05, 0.1) is 6.61 Å². The zero-order valence-electron chi connectivity index (χ0n) is 11.3. The van der Waals surface area contributed by atoms with Crippen molar-refractivity contribution in [2.45, 2.75) is 64.2 Å². The fourth-order valence-corrected chi connectivity index (χ4v) is 2.47. The predicted molar refractivity (Wildman–Crippen MR) is 85.8 cm³/mol. The zero-order chi connectivity index (χ0) is 14.6. The molecule has 0 saturated carbocycles. The van der Waals surface area contributed by atoms with Crippen LogP contribution in [0.3, 0.4) is 0 Å². The molecule has 0 aromatic heterocycles. The van der Waals surface area contributed by atoms with Gasteiger partial charge in [0.25, 0.3) is 0 Å². The van der Waals surface area contributed by atoms with Gasteiger partial charge in [0.1, 0.15) is 0 Å². The Kier molecular flexibility index (Phi) is 12.7. The summed E-state index contributed by atoms with van der Waals surface area (Å²) in [5, 5.41) is 0. The molecule has 0 aliphatic carbocycles. The number of thiocarbonyl (C=S) groups is 1. The number of phosphoric acid groups is 1. The van der Waals surface area contributed by atoms with E-state index in [9.17, 15) is 4.57 Å². The fraction of sp³-hybridized carbons (Fsp3) is 0.917. The second-order valence-corrected chi connectivity index (χ2v) is 7.22. The van der Waals surface area contributed by atoms with Crippen LogP contribution in [0.2, 0.25) is 0 Å². The average molecular weight is 328 g/mol. The van der Waals surface area contributed by atoms with Gasteiger partial charge in [0, 0.05) is 4.20 Å². The summed E-state index contributed by atoms with van der Waals surface area (Å²) in [6, 6.07) is 0. The Labute approximate surface area is 127 Å². The summed E-state index contributed by atoms with van der Waals surface area (Å²) in [6.07, 6.45) is 11.0. The summed E-state index contributed by atoms with van der Waals surface area (Å²) in [7, 11) is -4.26. The van der Waals surface area contributed by atoms with Crippen LogP contribution >= 0.6 is 32.7 Å². The molecule has 2 N–H and O–H groups in total. The molecule has 4 nitrogen and oxygen atoms in total.